The van der Waals surface area contributed by atoms with E-state index in [2.05, 4.69) is 5.32 Å². The number of benzene rings is 1. The van der Waals surface area contributed by atoms with Crippen LogP contribution in [-0.4, -0.2) is 81.3 Å². The molecule has 0 aliphatic carbocycles. The van der Waals surface area contributed by atoms with Crippen molar-refractivity contribution in [2.45, 2.75) is 58.3 Å². The highest BCUT2D eigenvalue weighted by atomic mass is 16.7. The number of ether oxygens (including phenoxy) is 7. The van der Waals surface area contributed by atoms with Crippen LogP contribution in [0.3, 0.4) is 0 Å². The number of nitrogens with one attached hydrogen (secondary N) is 1. The third-order valence-corrected chi connectivity index (χ3v) is 4.90. The second-order valence-corrected chi connectivity index (χ2v) is 7.69. The zero-order valence-electron chi connectivity index (χ0n) is 20.7. The van der Waals surface area contributed by atoms with E-state index in [0.717, 1.165) is 13.8 Å². The fraction of sp³-hybridized carbons (Fsp3) is 0.522. The molecule has 36 heavy (non-hydrogen) atoms. The Morgan fingerprint density at radius 2 is 1.53 bits per heavy atom. The van der Waals surface area contributed by atoms with Gasteiger partial charge in [-0.3, -0.25) is 19.2 Å². The maximum Gasteiger partial charge on any atom is 0.337 e. The summed E-state index contributed by atoms with van der Waals surface area (Å²) < 4.78 is 37.7. The van der Waals surface area contributed by atoms with Crippen molar-refractivity contribution < 1.29 is 57.1 Å². The number of carbonyl (C=O) groups is 5. The number of amides is 1. The molecule has 1 amide bonds. The first-order chi connectivity index (χ1) is 17.0. The lowest BCUT2D eigenvalue weighted by Crippen LogP contribution is -2.67. The molecule has 1 fully saturated rings. The van der Waals surface area contributed by atoms with Crippen LogP contribution in [0.5, 0.6) is 11.5 Å². The van der Waals surface area contributed by atoms with Crippen LogP contribution in [0.4, 0.5) is 0 Å². The van der Waals surface area contributed by atoms with E-state index < -0.39 is 60.4 Å². The molecule has 1 saturated heterocycles. The highest BCUT2D eigenvalue weighted by molar-refractivity contribution is 5.90. The van der Waals surface area contributed by atoms with Crippen molar-refractivity contribution in [3.8, 4) is 11.5 Å². The first kappa shape index (κ1) is 28.4. The molecular weight excluding hydrogens is 482 g/mol. The minimum Gasteiger partial charge on any atom is -0.493 e. The average Bonchev–Trinajstić information content (AvgIpc) is 2.80. The van der Waals surface area contributed by atoms with Crippen LogP contribution in [0, 0.1) is 0 Å². The second-order valence-electron chi connectivity index (χ2n) is 7.69. The van der Waals surface area contributed by atoms with Crippen molar-refractivity contribution in [3.05, 3.63) is 23.8 Å². The van der Waals surface area contributed by atoms with Gasteiger partial charge in [-0.05, 0) is 18.2 Å². The number of esters is 4. The van der Waals surface area contributed by atoms with E-state index in [9.17, 15) is 24.0 Å². The van der Waals surface area contributed by atoms with E-state index >= 15 is 0 Å². The maximum absolute atomic E-state index is 12.0. The molecule has 13 heteroatoms. The second kappa shape index (κ2) is 12.7. The van der Waals surface area contributed by atoms with Crippen LogP contribution >= 0.6 is 0 Å². The lowest BCUT2D eigenvalue weighted by Gasteiger charge is -2.44. The normalized spacial score (nSPS) is 23.0. The van der Waals surface area contributed by atoms with Crippen molar-refractivity contribution in [1.29, 1.82) is 0 Å². The van der Waals surface area contributed by atoms with E-state index in [1.807, 2.05) is 0 Å². The van der Waals surface area contributed by atoms with E-state index in [4.69, 9.17) is 33.2 Å². The fourth-order valence-corrected chi connectivity index (χ4v) is 3.53. The predicted molar refractivity (Wildman–Crippen MR) is 119 cm³/mol. The summed E-state index contributed by atoms with van der Waals surface area (Å²) in [5, 5.41) is 2.59. The van der Waals surface area contributed by atoms with Crippen molar-refractivity contribution in [1.82, 2.24) is 5.32 Å². The van der Waals surface area contributed by atoms with Gasteiger partial charge in [0.25, 0.3) is 0 Å². The van der Waals surface area contributed by atoms with Crippen molar-refractivity contribution in [3.63, 3.8) is 0 Å². The van der Waals surface area contributed by atoms with Crippen LogP contribution in [0.15, 0.2) is 18.2 Å². The molecule has 0 radical (unpaired) electrons. The van der Waals surface area contributed by atoms with Crippen LogP contribution in [0.25, 0.3) is 0 Å². The molecule has 0 spiro atoms. The topological polar surface area (TPSA) is 162 Å². The zero-order chi connectivity index (χ0) is 27.0. The van der Waals surface area contributed by atoms with E-state index in [1.165, 1.54) is 46.3 Å². The van der Waals surface area contributed by atoms with Gasteiger partial charge >= 0.3 is 23.9 Å². The Hall–Kier alpha value is -3.87. The van der Waals surface area contributed by atoms with Gasteiger partial charge in [0.2, 0.25) is 12.2 Å². The lowest BCUT2D eigenvalue weighted by atomic mass is 9.96. The summed E-state index contributed by atoms with van der Waals surface area (Å²) in [6.07, 6.45) is -5.03. The highest BCUT2D eigenvalue weighted by Gasteiger charge is 2.52. The number of carbonyl (C=O) groups excluding carboxylic acids is 5. The van der Waals surface area contributed by atoms with E-state index in [0.29, 0.717) is 0 Å². The van der Waals surface area contributed by atoms with Crippen LogP contribution in [0.2, 0.25) is 0 Å². The van der Waals surface area contributed by atoms with Gasteiger partial charge < -0.3 is 38.5 Å². The highest BCUT2D eigenvalue weighted by Crippen LogP contribution is 2.34. The number of rotatable bonds is 9. The summed E-state index contributed by atoms with van der Waals surface area (Å²) in [6, 6.07) is 3.04. The Labute approximate surface area is 207 Å². The Bertz CT molecular complexity index is 993. The van der Waals surface area contributed by atoms with Crippen LogP contribution < -0.4 is 14.8 Å². The van der Waals surface area contributed by atoms with Crippen molar-refractivity contribution in [2.24, 2.45) is 0 Å². The first-order valence-electron chi connectivity index (χ1n) is 10.8. The van der Waals surface area contributed by atoms with Gasteiger partial charge in [-0.25, -0.2) is 4.79 Å². The molecule has 0 bridgehead atoms. The van der Waals surface area contributed by atoms with Crippen molar-refractivity contribution >= 4 is 29.8 Å². The van der Waals surface area contributed by atoms with Gasteiger partial charge in [0.15, 0.2) is 23.7 Å². The van der Waals surface area contributed by atoms with E-state index in [-0.39, 0.29) is 23.7 Å². The Morgan fingerprint density at radius 1 is 0.889 bits per heavy atom. The van der Waals surface area contributed by atoms with Gasteiger partial charge in [-0.15, -0.1) is 0 Å². The number of hydrogen-bond acceptors (Lipinski definition) is 12. The molecule has 1 heterocycles. The summed E-state index contributed by atoms with van der Waals surface area (Å²) in [4.78, 5) is 59.1. The molecule has 1 aliphatic rings. The molecule has 1 aromatic carbocycles. The smallest absolute Gasteiger partial charge is 0.337 e. The standard InChI is InChI=1S/C23H29NO12/c1-11(25)24-19-21(34-14(4)28)20(33-13(3)27)18(10-32-12(2)26)36-23(19)35-16-8-7-15(22(29)31-6)9-17(16)30-5/h7-9,18-21,23H,10H2,1-6H3,(H,24,25)/t18-,19-,20+,21-,23-/m0/s1. The maximum atomic E-state index is 12.0. The SMILES string of the molecule is COC(=O)c1ccc(O[C@H]2O[C@@H](COC(C)=O)[C@@H](OC(C)=O)[C@@H](OC(C)=O)[C@@H]2NC(C)=O)c(OC)c1. The molecule has 13 nitrogen and oxygen atoms in total. The summed E-state index contributed by atoms with van der Waals surface area (Å²) in [7, 11) is 2.57. The largest absolute Gasteiger partial charge is 0.493 e. The van der Waals surface area contributed by atoms with Crippen LogP contribution in [0.1, 0.15) is 38.1 Å². The predicted octanol–water partition coefficient (Wildman–Crippen LogP) is 0.517. The van der Waals surface area contributed by atoms with Crippen LogP contribution in [-0.2, 0) is 42.9 Å². The Kier molecular flexibility index (Phi) is 10.0. The quantitative estimate of drug-likeness (QED) is 0.362. The molecule has 1 N–H and O–H groups in total. The van der Waals surface area contributed by atoms with E-state index in [1.54, 1.807) is 0 Å². The van der Waals surface area contributed by atoms with Gasteiger partial charge in [-0.1, -0.05) is 0 Å². The summed E-state index contributed by atoms with van der Waals surface area (Å²) in [6.45, 7) is 4.29. The van der Waals surface area contributed by atoms with Gasteiger partial charge in [0.05, 0.1) is 19.8 Å². The Balaban J connectivity index is 2.52. The third-order valence-electron chi connectivity index (χ3n) is 4.90. The third kappa shape index (κ3) is 7.57. The summed E-state index contributed by atoms with van der Waals surface area (Å²) >= 11 is 0. The minimum absolute atomic E-state index is 0.101. The monoisotopic (exact) mass is 511 g/mol. The first-order valence-corrected chi connectivity index (χ1v) is 10.8. The average molecular weight is 511 g/mol. The minimum atomic E-state index is -1.34. The van der Waals surface area contributed by atoms with Gasteiger partial charge in [0, 0.05) is 27.7 Å². The summed E-state index contributed by atoms with van der Waals surface area (Å²) in [5.74, 6) is -3.00. The number of hydrogen-bond donors (Lipinski definition) is 1. The molecule has 1 aromatic rings. The molecule has 5 atom stereocenters. The van der Waals surface area contributed by atoms with Crippen molar-refractivity contribution in [2.75, 3.05) is 20.8 Å². The Morgan fingerprint density at radius 3 is 2.06 bits per heavy atom. The molecule has 0 aromatic heterocycles. The zero-order valence-corrected chi connectivity index (χ0v) is 20.7. The fourth-order valence-electron chi connectivity index (χ4n) is 3.53. The molecular formula is C23H29NO12. The number of methoxy groups -OCH3 is 2. The molecule has 1 aliphatic heterocycles. The molecule has 2 rings (SSSR count). The molecule has 0 saturated carbocycles. The lowest BCUT2D eigenvalue weighted by molar-refractivity contribution is -0.257. The van der Waals surface area contributed by atoms with Gasteiger partial charge in [0.1, 0.15) is 18.8 Å². The summed E-state index contributed by atoms with van der Waals surface area (Å²) in [5.41, 5.74) is 0.185. The van der Waals surface area contributed by atoms with Gasteiger partial charge in [-0.2, -0.15) is 0 Å². The molecule has 0 unspecified atom stereocenters. The molecule has 198 valence electrons.